The number of benzene rings is 2. The van der Waals surface area contributed by atoms with Gasteiger partial charge in [-0.3, -0.25) is 4.90 Å². The van der Waals surface area contributed by atoms with Gasteiger partial charge in [0.2, 0.25) is 0 Å². The molecule has 0 bridgehead atoms. The van der Waals surface area contributed by atoms with E-state index in [9.17, 15) is 13.2 Å². The summed E-state index contributed by atoms with van der Waals surface area (Å²) >= 11 is 6.35. The van der Waals surface area contributed by atoms with E-state index in [1.807, 2.05) is 42.3 Å². The maximum Gasteiger partial charge on any atom is 0.336 e. The van der Waals surface area contributed by atoms with Crippen molar-refractivity contribution in [2.75, 3.05) is 43.0 Å². The van der Waals surface area contributed by atoms with E-state index < -0.39 is 16.1 Å². The first-order valence-corrected chi connectivity index (χ1v) is 10.9. The van der Waals surface area contributed by atoms with Crippen LogP contribution >= 0.6 is 11.6 Å². The van der Waals surface area contributed by atoms with Gasteiger partial charge >= 0.3 is 6.03 Å². The van der Waals surface area contributed by atoms with Crippen LogP contribution in [0.3, 0.4) is 0 Å². The summed E-state index contributed by atoms with van der Waals surface area (Å²) < 4.78 is 27.9. The van der Waals surface area contributed by atoms with Crippen LogP contribution < -0.4 is 14.5 Å². The number of amides is 2. The second-order valence-corrected chi connectivity index (χ2v) is 9.10. The predicted molar refractivity (Wildman–Crippen MR) is 110 cm³/mol. The van der Waals surface area contributed by atoms with Crippen LogP contribution in [0.25, 0.3) is 0 Å². The number of halogens is 1. The van der Waals surface area contributed by atoms with E-state index in [1.54, 1.807) is 12.1 Å². The number of anilines is 2. The molecule has 28 heavy (non-hydrogen) atoms. The molecule has 1 saturated heterocycles. The van der Waals surface area contributed by atoms with Crippen molar-refractivity contribution in [1.29, 1.82) is 0 Å². The molecular weight excluding hydrogens is 400 g/mol. The van der Waals surface area contributed by atoms with Crippen molar-refractivity contribution in [3.05, 3.63) is 53.1 Å². The molecule has 0 unspecified atom stereocenters. The average Bonchev–Trinajstić information content (AvgIpc) is 2.65. The van der Waals surface area contributed by atoms with Gasteiger partial charge in [0.15, 0.2) is 0 Å². The number of piperazine rings is 1. The Morgan fingerprint density at radius 1 is 1.04 bits per heavy atom. The van der Waals surface area contributed by atoms with E-state index in [-0.39, 0.29) is 11.4 Å². The number of nitrogens with one attached hydrogen (secondary N) is 1. The fourth-order valence-electron chi connectivity index (χ4n) is 3.58. The highest BCUT2D eigenvalue weighted by molar-refractivity contribution is 7.90. The predicted octanol–water partition coefficient (Wildman–Crippen LogP) is 2.51. The van der Waals surface area contributed by atoms with E-state index in [2.05, 4.69) is 9.62 Å². The number of carbonyl (C=O) groups is 1. The Hall–Kier alpha value is -2.29. The van der Waals surface area contributed by atoms with Gasteiger partial charge in [0.05, 0.1) is 17.9 Å². The summed E-state index contributed by atoms with van der Waals surface area (Å²) in [6.45, 7) is 3.26. The largest absolute Gasteiger partial charge is 0.368 e. The van der Waals surface area contributed by atoms with Gasteiger partial charge in [-0.15, -0.1) is 0 Å². The summed E-state index contributed by atoms with van der Waals surface area (Å²) in [7, 11) is -1.95. The minimum atomic E-state index is -3.98. The Labute approximate surface area is 169 Å². The normalized spacial score (nSPS) is 19.3. The molecule has 1 N–H and O–H groups in total. The topological polar surface area (TPSA) is 73.0 Å². The highest BCUT2D eigenvalue weighted by Gasteiger charge is 2.38. The maximum absolute atomic E-state index is 12.9. The van der Waals surface area contributed by atoms with E-state index >= 15 is 0 Å². The van der Waals surface area contributed by atoms with Crippen LogP contribution in [0.15, 0.2) is 47.4 Å². The van der Waals surface area contributed by atoms with Gasteiger partial charge < -0.3 is 9.80 Å². The molecule has 9 heteroatoms. The summed E-state index contributed by atoms with van der Waals surface area (Å²) in [5.41, 5.74) is 1.74. The highest BCUT2D eigenvalue weighted by Crippen LogP contribution is 2.40. The van der Waals surface area contributed by atoms with Crippen LogP contribution in [0.2, 0.25) is 5.02 Å². The summed E-state index contributed by atoms with van der Waals surface area (Å²) in [4.78, 5) is 18.3. The van der Waals surface area contributed by atoms with Crippen molar-refractivity contribution >= 4 is 39.0 Å². The first kappa shape index (κ1) is 19.0. The zero-order valence-electron chi connectivity index (χ0n) is 15.4. The Balaban J connectivity index is 1.82. The second kappa shape index (κ2) is 7.27. The maximum atomic E-state index is 12.9. The molecule has 0 aromatic heterocycles. The summed E-state index contributed by atoms with van der Waals surface area (Å²) in [6.07, 6.45) is 0. The molecular formula is C19H21ClN4O3S. The molecule has 0 spiro atoms. The molecule has 0 atom stereocenters. The van der Waals surface area contributed by atoms with Crippen molar-refractivity contribution in [3.8, 4) is 0 Å². The molecule has 2 aliphatic heterocycles. The van der Waals surface area contributed by atoms with Crippen molar-refractivity contribution in [2.45, 2.75) is 11.4 Å². The number of hydrogen-bond donors (Lipinski definition) is 1. The van der Waals surface area contributed by atoms with Crippen LogP contribution in [-0.2, 0) is 16.6 Å². The van der Waals surface area contributed by atoms with Crippen LogP contribution in [0.4, 0.5) is 16.2 Å². The van der Waals surface area contributed by atoms with Crippen molar-refractivity contribution in [3.63, 3.8) is 0 Å². The number of carbonyl (C=O) groups excluding carboxylic acids is 1. The lowest BCUT2D eigenvalue weighted by atomic mass is 10.1. The fourth-order valence-corrected chi connectivity index (χ4v) is 5.13. The number of fused-ring (bicyclic) bond motifs is 1. The number of urea groups is 1. The highest BCUT2D eigenvalue weighted by atomic mass is 35.5. The van der Waals surface area contributed by atoms with Gasteiger partial charge in [0, 0.05) is 31.2 Å². The zero-order chi connectivity index (χ0) is 19.9. The molecule has 0 saturated carbocycles. The summed E-state index contributed by atoms with van der Waals surface area (Å²) in [6, 6.07) is 12.0. The van der Waals surface area contributed by atoms with E-state index in [0.29, 0.717) is 29.5 Å². The van der Waals surface area contributed by atoms with Gasteiger partial charge in [0.25, 0.3) is 10.0 Å². The van der Waals surface area contributed by atoms with Crippen molar-refractivity contribution < 1.29 is 13.2 Å². The lowest BCUT2D eigenvalue weighted by Gasteiger charge is -2.37. The molecule has 2 aromatic rings. The Morgan fingerprint density at radius 3 is 2.36 bits per heavy atom. The minimum absolute atomic E-state index is 0.108. The van der Waals surface area contributed by atoms with Crippen LogP contribution in [0.1, 0.15) is 5.56 Å². The third-order valence-electron chi connectivity index (χ3n) is 5.07. The van der Waals surface area contributed by atoms with E-state index in [4.69, 9.17) is 11.6 Å². The molecule has 148 valence electrons. The van der Waals surface area contributed by atoms with E-state index in [1.165, 1.54) is 4.90 Å². The molecule has 0 aliphatic carbocycles. The first-order chi connectivity index (χ1) is 13.3. The lowest BCUT2D eigenvalue weighted by molar-refractivity contribution is 0.250. The monoisotopic (exact) mass is 420 g/mol. The number of nitrogens with zero attached hydrogens (tertiary/aromatic N) is 3. The number of rotatable bonds is 3. The van der Waals surface area contributed by atoms with Crippen LogP contribution in [0.5, 0.6) is 0 Å². The third-order valence-corrected chi connectivity index (χ3v) is 6.69. The van der Waals surface area contributed by atoms with E-state index in [0.717, 1.165) is 18.7 Å². The SMILES string of the molecule is CN1CCN(c2cc(Cl)cc3c2S(=O)(=O)NC(=O)N3Cc2ccccc2)CC1. The number of likely N-dealkylation sites (N-methyl/N-ethyl adjacent to an activating group) is 1. The second-order valence-electron chi connectivity index (χ2n) is 7.05. The lowest BCUT2D eigenvalue weighted by Crippen LogP contribution is -2.49. The molecule has 2 amide bonds. The van der Waals surface area contributed by atoms with Crippen LogP contribution in [0, 0.1) is 0 Å². The zero-order valence-corrected chi connectivity index (χ0v) is 17.0. The standard InChI is InChI=1S/C19H21ClN4O3S/c1-22-7-9-23(10-8-22)16-11-15(20)12-17-18(16)28(26,27)21-19(25)24(17)13-14-5-3-2-4-6-14/h2-6,11-12H,7-10,13H2,1H3,(H,21,25). The number of sulfonamides is 1. The molecule has 2 aromatic carbocycles. The first-order valence-electron chi connectivity index (χ1n) is 9.00. The van der Waals surface area contributed by atoms with Gasteiger partial charge in [-0.1, -0.05) is 41.9 Å². The molecule has 4 rings (SSSR count). The quantitative estimate of drug-likeness (QED) is 0.825. The average molecular weight is 421 g/mol. The fraction of sp³-hybridized carbons (Fsp3) is 0.316. The number of hydrogen-bond acceptors (Lipinski definition) is 5. The molecule has 2 heterocycles. The molecule has 2 aliphatic rings. The van der Waals surface area contributed by atoms with Gasteiger partial charge in [-0.2, -0.15) is 0 Å². The molecule has 1 fully saturated rings. The van der Waals surface area contributed by atoms with Crippen molar-refractivity contribution in [2.24, 2.45) is 0 Å². The van der Waals surface area contributed by atoms with Crippen LogP contribution in [-0.4, -0.2) is 52.6 Å². The third kappa shape index (κ3) is 3.55. The van der Waals surface area contributed by atoms with Crippen molar-refractivity contribution in [1.82, 2.24) is 9.62 Å². The summed E-state index contributed by atoms with van der Waals surface area (Å²) in [5, 5.41) is 0.399. The van der Waals surface area contributed by atoms with Gasteiger partial charge in [-0.25, -0.2) is 17.9 Å². The Morgan fingerprint density at radius 2 is 1.68 bits per heavy atom. The summed E-state index contributed by atoms with van der Waals surface area (Å²) in [5.74, 6) is 0. The van der Waals surface area contributed by atoms with Gasteiger partial charge in [-0.05, 0) is 24.7 Å². The van der Waals surface area contributed by atoms with Gasteiger partial charge in [0.1, 0.15) is 4.90 Å². The Kier molecular flexibility index (Phi) is 4.95. The minimum Gasteiger partial charge on any atom is -0.368 e. The molecule has 7 nitrogen and oxygen atoms in total. The molecule has 0 radical (unpaired) electrons. The smallest absolute Gasteiger partial charge is 0.336 e. The Bertz CT molecular complexity index is 1010.